The van der Waals surface area contributed by atoms with E-state index < -0.39 is 0 Å². The Morgan fingerprint density at radius 3 is 3.00 bits per heavy atom. The number of hydrogen-bond donors (Lipinski definition) is 1. The van der Waals surface area contributed by atoms with Crippen molar-refractivity contribution in [1.82, 2.24) is 0 Å². The van der Waals surface area contributed by atoms with Crippen molar-refractivity contribution >= 4 is 23.8 Å². The van der Waals surface area contributed by atoms with Crippen LogP contribution in [0.2, 0.25) is 0 Å². The third kappa shape index (κ3) is 2.82. The molecule has 0 saturated carbocycles. The molecule has 4 heteroatoms. The second-order valence-corrected chi connectivity index (χ2v) is 5.48. The van der Waals surface area contributed by atoms with Crippen molar-refractivity contribution in [3.8, 4) is 5.75 Å². The molecule has 1 heterocycles. The van der Waals surface area contributed by atoms with Crippen LogP contribution in [0.1, 0.15) is 25.8 Å². The first kappa shape index (κ1) is 14.6. The minimum atomic E-state index is 0.748. The number of nitrogens with zero attached hydrogens (tertiary/aromatic N) is 2. The second kappa shape index (κ2) is 6.18. The smallest absolute Gasteiger partial charge is 0.154 e. The van der Waals surface area contributed by atoms with Crippen LogP contribution in [0.3, 0.4) is 0 Å². The Labute approximate surface area is 131 Å². The largest absolute Gasteiger partial charge is 0.459 e. The van der Waals surface area contributed by atoms with E-state index in [4.69, 9.17) is 4.74 Å². The second-order valence-electron chi connectivity index (χ2n) is 5.48. The van der Waals surface area contributed by atoms with E-state index in [0.717, 1.165) is 54.5 Å². The predicted molar refractivity (Wildman–Crippen MR) is 92.9 cm³/mol. The molecule has 0 fully saturated rings. The summed E-state index contributed by atoms with van der Waals surface area (Å²) in [4.78, 5) is 8.61. The number of anilines is 1. The minimum absolute atomic E-state index is 0.748. The monoisotopic (exact) mass is 295 g/mol. The predicted octanol–water partition coefficient (Wildman–Crippen LogP) is 4.06. The molecule has 1 aliphatic heterocycles. The van der Waals surface area contributed by atoms with Gasteiger partial charge in [0.1, 0.15) is 11.4 Å². The fourth-order valence-corrected chi connectivity index (χ4v) is 2.76. The molecule has 1 aromatic rings. The van der Waals surface area contributed by atoms with Gasteiger partial charge in [0, 0.05) is 37.3 Å². The highest BCUT2D eigenvalue weighted by Gasteiger charge is 2.17. The van der Waals surface area contributed by atoms with E-state index in [1.54, 1.807) is 0 Å². The van der Waals surface area contributed by atoms with Crippen molar-refractivity contribution < 1.29 is 4.74 Å². The van der Waals surface area contributed by atoms with Crippen molar-refractivity contribution in [1.29, 1.82) is 0 Å². The lowest BCUT2D eigenvalue weighted by Gasteiger charge is -2.16. The Morgan fingerprint density at radius 2 is 2.23 bits per heavy atom. The Balaban J connectivity index is 1.89. The topological polar surface area (TPSA) is 46.0 Å². The number of nitrogens with one attached hydrogen (secondary N) is 1. The molecule has 1 aliphatic carbocycles. The van der Waals surface area contributed by atoms with Crippen LogP contribution in [0.5, 0.6) is 5.75 Å². The molecule has 3 rings (SSSR count). The van der Waals surface area contributed by atoms with E-state index in [-0.39, 0.29) is 0 Å². The van der Waals surface area contributed by atoms with Crippen molar-refractivity contribution in [3.05, 3.63) is 41.2 Å². The molecular weight excluding hydrogens is 274 g/mol. The molecule has 2 aliphatic rings. The summed E-state index contributed by atoms with van der Waals surface area (Å²) in [6.07, 6.45) is 5.97. The van der Waals surface area contributed by atoms with Gasteiger partial charge in [-0.2, -0.15) is 0 Å². The zero-order chi connectivity index (χ0) is 15.5. The lowest BCUT2D eigenvalue weighted by Crippen LogP contribution is -2.08. The SMILES string of the molecule is C=Nc1cc2c(cc1OC1=CC(=NCC)C(C)=CC1)NCC2. The van der Waals surface area contributed by atoms with Gasteiger partial charge in [0.25, 0.3) is 0 Å². The first-order valence-corrected chi connectivity index (χ1v) is 7.68. The van der Waals surface area contributed by atoms with Gasteiger partial charge >= 0.3 is 0 Å². The van der Waals surface area contributed by atoms with Crippen LogP contribution in [0, 0.1) is 0 Å². The molecule has 0 bridgehead atoms. The molecule has 0 spiro atoms. The minimum Gasteiger partial charge on any atom is -0.459 e. The number of fused-ring (bicyclic) bond motifs is 1. The maximum absolute atomic E-state index is 6.09. The van der Waals surface area contributed by atoms with E-state index in [1.807, 2.05) is 19.1 Å². The molecule has 22 heavy (non-hydrogen) atoms. The van der Waals surface area contributed by atoms with Crippen LogP contribution in [-0.4, -0.2) is 25.5 Å². The van der Waals surface area contributed by atoms with Crippen molar-refractivity contribution in [2.24, 2.45) is 9.98 Å². The number of aliphatic imine (C=N–C) groups is 2. The number of allylic oxidation sites excluding steroid dienone is 3. The molecular formula is C18H21N3O. The van der Waals surface area contributed by atoms with Gasteiger partial charge in [0.2, 0.25) is 0 Å². The average molecular weight is 295 g/mol. The highest BCUT2D eigenvalue weighted by molar-refractivity contribution is 6.09. The molecule has 1 N–H and O–H groups in total. The van der Waals surface area contributed by atoms with Gasteiger partial charge in [0.05, 0.1) is 5.71 Å². The first-order chi connectivity index (χ1) is 10.7. The van der Waals surface area contributed by atoms with Gasteiger partial charge in [-0.1, -0.05) is 6.08 Å². The Bertz CT molecular complexity index is 699. The number of rotatable bonds is 4. The lowest BCUT2D eigenvalue weighted by molar-refractivity contribution is 0.417. The van der Waals surface area contributed by atoms with Crippen molar-refractivity contribution in [2.45, 2.75) is 26.7 Å². The summed E-state index contributed by atoms with van der Waals surface area (Å²) in [6.45, 7) is 9.52. The summed E-state index contributed by atoms with van der Waals surface area (Å²) in [7, 11) is 0. The molecule has 114 valence electrons. The van der Waals surface area contributed by atoms with Crippen LogP contribution in [-0.2, 0) is 6.42 Å². The summed E-state index contributed by atoms with van der Waals surface area (Å²) >= 11 is 0. The van der Waals surface area contributed by atoms with Gasteiger partial charge in [-0.3, -0.25) is 9.98 Å². The van der Waals surface area contributed by atoms with Crippen LogP contribution < -0.4 is 10.1 Å². The third-order valence-corrected chi connectivity index (χ3v) is 3.95. The van der Waals surface area contributed by atoms with Crippen LogP contribution in [0.4, 0.5) is 11.4 Å². The average Bonchev–Trinajstić information content (AvgIpc) is 2.97. The fraction of sp³-hybridized carbons (Fsp3) is 0.333. The van der Waals surface area contributed by atoms with Gasteiger partial charge in [-0.25, -0.2) is 0 Å². The standard InChI is InChI=1S/C18H21N3O/c1-4-20-15-10-14(6-5-12(15)2)22-18-11-16-13(7-8-21-16)9-17(18)19-3/h5,9-11,21H,3-4,6-8H2,1-2H3. The zero-order valence-electron chi connectivity index (χ0n) is 13.1. The molecule has 0 aromatic heterocycles. The third-order valence-electron chi connectivity index (χ3n) is 3.95. The van der Waals surface area contributed by atoms with Gasteiger partial charge in [-0.05, 0) is 44.2 Å². The van der Waals surface area contributed by atoms with E-state index in [1.165, 1.54) is 11.1 Å². The van der Waals surface area contributed by atoms with Crippen molar-refractivity contribution in [3.63, 3.8) is 0 Å². The Kier molecular flexibility index (Phi) is 4.09. The van der Waals surface area contributed by atoms with Gasteiger partial charge < -0.3 is 10.1 Å². The highest BCUT2D eigenvalue weighted by Crippen LogP contribution is 2.37. The van der Waals surface area contributed by atoms with Crippen LogP contribution in [0.25, 0.3) is 0 Å². The fourth-order valence-electron chi connectivity index (χ4n) is 2.76. The molecule has 1 aromatic carbocycles. The van der Waals surface area contributed by atoms with Crippen LogP contribution in [0.15, 0.2) is 45.6 Å². The van der Waals surface area contributed by atoms with E-state index in [0.29, 0.717) is 0 Å². The van der Waals surface area contributed by atoms with Gasteiger partial charge in [0.15, 0.2) is 5.75 Å². The molecule has 4 nitrogen and oxygen atoms in total. The van der Waals surface area contributed by atoms with Crippen molar-refractivity contribution in [2.75, 3.05) is 18.4 Å². The Hall–Kier alpha value is -2.36. The molecule has 0 radical (unpaired) electrons. The highest BCUT2D eigenvalue weighted by atomic mass is 16.5. The van der Waals surface area contributed by atoms with Crippen LogP contribution >= 0.6 is 0 Å². The lowest BCUT2D eigenvalue weighted by atomic mass is 10.0. The quantitative estimate of drug-likeness (QED) is 0.851. The maximum Gasteiger partial charge on any atom is 0.154 e. The number of hydrogen-bond acceptors (Lipinski definition) is 4. The Morgan fingerprint density at radius 1 is 1.36 bits per heavy atom. The molecule has 0 unspecified atom stereocenters. The maximum atomic E-state index is 6.09. The first-order valence-electron chi connectivity index (χ1n) is 7.68. The number of ether oxygens (including phenoxy) is 1. The summed E-state index contributed by atoms with van der Waals surface area (Å²) in [5.74, 6) is 1.64. The summed E-state index contributed by atoms with van der Waals surface area (Å²) in [5.41, 5.74) is 5.40. The molecule has 0 saturated heterocycles. The van der Waals surface area contributed by atoms with E-state index in [2.05, 4.69) is 41.1 Å². The van der Waals surface area contributed by atoms with E-state index in [9.17, 15) is 0 Å². The number of benzene rings is 1. The van der Waals surface area contributed by atoms with Gasteiger partial charge in [-0.15, -0.1) is 0 Å². The summed E-state index contributed by atoms with van der Waals surface area (Å²) < 4.78 is 6.09. The van der Waals surface area contributed by atoms with E-state index >= 15 is 0 Å². The zero-order valence-corrected chi connectivity index (χ0v) is 13.1. The molecule has 0 atom stereocenters. The molecule has 0 amide bonds. The summed E-state index contributed by atoms with van der Waals surface area (Å²) in [6, 6.07) is 4.08. The normalized spacial score (nSPS) is 18.4. The summed E-state index contributed by atoms with van der Waals surface area (Å²) in [5, 5.41) is 3.37.